The largest absolute Gasteiger partial charge is 0.308 e. The lowest BCUT2D eigenvalue weighted by atomic mass is 9.91. The summed E-state index contributed by atoms with van der Waals surface area (Å²) in [6.45, 7) is 0. The van der Waals surface area contributed by atoms with Gasteiger partial charge in [-0.15, -0.1) is 0 Å². The van der Waals surface area contributed by atoms with Crippen LogP contribution in [0, 0.1) is 0 Å². The Balaban J connectivity index is 1.28. The van der Waals surface area contributed by atoms with Crippen molar-refractivity contribution in [2.75, 3.05) is 4.90 Å². The van der Waals surface area contributed by atoms with Crippen LogP contribution >= 0.6 is 0 Å². The molecule has 0 spiro atoms. The molecule has 0 N–H and O–H groups in total. The molecule has 0 saturated carbocycles. The zero-order chi connectivity index (χ0) is 36.6. The Kier molecular flexibility index (Phi) is 8.16. The van der Waals surface area contributed by atoms with Crippen molar-refractivity contribution in [2.45, 2.75) is 0 Å². The van der Waals surface area contributed by atoms with Crippen molar-refractivity contribution in [1.29, 1.82) is 0 Å². The molecule has 0 fully saturated rings. The van der Waals surface area contributed by atoms with Crippen LogP contribution < -0.4 is 4.90 Å². The van der Waals surface area contributed by atoms with Crippen molar-refractivity contribution >= 4 is 49.5 Å². The fourth-order valence-corrected chi connectivity index (χ4v) is 7.89. The quantitative estimate of drug-likeness (QED) is 0.155. The molecular formula is C52H35N3. The van der Waals surface area contributed by atoms with Crippen molar-refractivity contribution in [2.24, 2.45) is 0 Å². The number of aromatic nitrogens is 2. The number of para-hydroxylation sites is 3. The number of fused-ring (bicyclic) bond motifs is 5. The minimum Gasteiger partial charge on any atom is -0.308 e. The molecule has 8 aromatic carbocycles. The number of rotatable bonds is 7. The van der Waals surface area contributed by atoms with Crippen LogP contribution in [-0.4, -0.2) is 9.97 Å². The van der Waals surface area contributed by atoms with E-state index < -0.39 is 0 Å². The van der Waals surface area contributed by atoms with Gasteiger partial charge in [0.25, 0.3) is 0 Å². The first-order chi connectivity index (χ1) is 27.3. The first-order valence-corrected chi connectivity index (χ1v) is 18.7. The molecule has 3 heteroatoms. The summed E-state index contributed by atoms with van der Waals surface area (Å²) in [6.07, 6.45) is 0. The van der Waals surface area contributed by atoms with Gasteiger partial charge in [-0.25, -0.2) is 9.97 Å². The van der Waals surface area contributed by atoms with Crippen molar-refractivity contribution in [3.63, 3.8) is 0 Å². The summed E-state index contributed by atoms with van der Waals surface area (Å²) < 4.78 is 0. The van der Waals surface area contributed by atoms with Crippen molar-refractivity contribution in [3.8, 4) is 44.9 Å². The van der Waals surface area contributed by atoms with E-state index in [0.29, 0.717) is 0 Å². The van der Waals surface area contributed by atoms with Crippen LogP contribution in [0.3, 0.4) is 0 Å². The Morgan fingerprint density at radius 1 is 0.327 bits per heavy atom. The zero-order valence-electron chi connectivity index (χ0n) is 30.0. The third-order valence-corrected chi connectivity index (χ3v) is 10.4. The van der Waals surface area contributed by atoms with E-state index in [1.807, 2.05) is 0 Å². The summed E-state index contributed by atoms with van der Waals surface area (Å²) in [5.41, 5.74) is 12.5. The molecule has 3 nitrogen and oxygen atoms in total. The van der Waals surface area contributed by atoms with Crippen LogP contribution in [0.5, 0.6) is 0 Å². The molecule has 2 heterocycles. The van der Waals surface area contributed by atoms with E-state index in [-0.39, 0.29) is 0 Å². The molecule has 0 radical (unpaired) electrons. The highest BCUT2D eigenvalue weighted by Crippen LogP contribution is 2.45. The summed E-state index contributed by atoms with van der Waals surface area (Å²) in [4.78, 5) is 13.2. The number of hydrogen-bond donors (Lipinski definition) is 0. The fraction of sp³-hybridized carbons (Fsp3) is 0. The maximum absolute atomic E-state index is 5.57. The number of benzene rings is 8. The van der Waals surface area contributed by atoms with Gasteiger partial charge in [0.05, 0.1) is 28.3 Å². The Bertz CT molecular complexity index is 2850. The minimum absolute atomic E-state index is 0.937. The molecule has 0 aliphatic carbocycles. The van der Waals surface area contributed by atoms with Gasteiger partial charge in [0.2, 0.25) is 0 Å². The lowest BCUT2D eigenvalue weighted by molar-refractivity contribution is 1.28. The maximum atomic E-state index is 5.57. The number of nitrogens with zero attached hydrogens (tertiary/aromatic N) is 3. The molecule has 10 rings (SSSR count). The molecule has 0 aliphatic rings. The number of pyridine rings is 2. The van der Waals surface area contributed by atoms with Crippen LogP contribution in [0.15, 0.2) is 212 Å². The fourth-order valence-electron chi connectivity index (χ4n) is 7.89. The van der Waals surface area contributed by atoms with E-state index in [4.69, 9.17) is 9.97 Å². The molecule has 55 heavy (non-hydrogen) atoms. The van der Waals surface area contributed by atoms with Gasteiger partial charge in [-0.1, -0.05) is 170 Å². The van der Waals surface area contributed by atoms with Gasteiger partial charge in [-0.2, -0.15) is 0 Å². The molecular weight excluding hydrogens is 667 g/mol. The Morgan fingerprint density at radius 3 is 1.51 bits per heavy atom. The molecule has 258 valence electrons. The van der Waals surface area contributed by atoms with Gasteiger partial charge < -0.3 is 4.90 Å². The van der Waals surface area contributed by atoms with Crippen molar-refractivity contribution in [3.05, 3.63) is 212 Å². The van der Waals surface area contributed by atoms with Gasteiger partial charge in [0, 0.05) is 44.2 Å². The smallest absolute Gasteiger partial charge is 0.0956 e. The van der Waals surface area contributed by atoms with E-state index in [9.17, 15) is 0 Å². The van der Waals surface area contributed by atoms with Gasteiger partial charge in [0.15, 0.2) is 0 Å². The maximum Gasteiger partial charge on any atom is 0.0956 e. The first-order valence-electron chi connectivity index (χ1n) is 18.7. The average molecular weight is 702 g/mol. The molecule has 2 aromatic heterocycles. The molecule has 10 aromatic rings. The van der Waals surface area contributed by atoms with Gasteiger partial charge in [-0.3, -0.25) is 0 Å². The van der Waals surface area contributed by atoms with E-state index in [1.54, 1.807) is 0 Å². The number of hydrogen-bond acceptors (Lipinski definition) is 3. The molecule has 0 aliphatic heterocycles. The topological polar surface area (TPSA) is 29.0 Å². The van der Waals surface area contributed by atoms with Crippen molar-refractivity contribution in [1.82, 2.24) is 9.97 Å². The summed E-state index contributed by atoms with van der Waals surface area (Å²) in [5, 5.41) is 5.70. The average Bonchev–Trinajstić information content (AvgIpc) is 3.27. The normalized spacial score (nSPS) is 11.3. The summed E-state index contributed by atoms with van der Waals surface area (Å²) in [7, 11) is 0. The van der Waals surface area contributed by atoms with Gasteiger partial charge >= 0.3 is 0 Å². The van der Waals surface area contributed by atoms with Crippen LogP contribution in [-0.2, 0) is 0 Å². The summed E-state index contributed by atoms with van der Waals surface area (Å²) in [6, 6.07) is 74.9. The van der Waals surface area contributed by atoms with Gasteiger partial charge in [0.1, 0.15) is 0 Å². The van der Waals surface area contributed by atoms with Crippen LogP contribution in [0.2, 0.25) is 0 Å². The highest BCUT2D eigenvalue weighted by atomic mass is 15.1. The second kappa shape index (κ2) is 13.9. The monoisotopic (exact) mass is 701 g/mol. The zero-order valence-corrected chi connectivity index (χ0v) is 30.0. The lowest BCUT2D eigenvalue weighted by Crippen LogP contribution is -2.11. The van der Waals surface area contributed by atoms with E-state index in [1.165, 1.54) is 5.39 Å². The van der Waals surface area contributed by atoms with Crippen LogP contribution in [0.25, 0.3) is 77.3 Å². The highest BCUT2D eigenvalue weighted by Gasteiger charge is 2.21. The van der Waals surface area contributed by atoms with E-state index in [2.05, 4.69) is 217 Å². The number of anilines is 3. The first kappa shape index (κ1) is 32.3. The Hall–Kier alpha value is -7.36. The molecule has 0 bridgehead atoms. The third kappa shape index (κ3) is 5.89. The third-order valence-electron chi connectivity index (χ3n) is 10.4. The molecule has 0 atom stereocenters. The van der Waals surface area contributed by atoms with Crippen LogP contribution in [0.1, 0.15) is 0 Å². The Morgan fingerprint density at radius 2 is 0.855 bits per heavy atom. The summed E-state index contributed by atoms with van der Waals surface area (Å²) in [5.74, 6) is 0. The van der Waals surface area contributed by atoms with E-state index >= 15 is 0 Å². The second-order valence-electron chi connectivity index (χ2n) is 13.8. The van der Waals surface area contributed by atoms with Gasteiger partial charge in [-0.05, 0) is 64.4 Å². The predicted molar refractivity (Wildman–Crippen MR) is 231 cm³/mol. The molecule has 0 amide bonds. The molecule has 0 saturated heterocycles. The lowest BCUT2D eigenvalue weighted by Gasteiger charge is -2.27. The second-order valence-corrected chi connectivity index (χ2v) is 13.8. The minimum atomic E-state index is 0.937. The highest BCUT2D eigenvalue weighted by molar-refractivity contribution is 6.25. The summed E-state index contributed by atoms with van der Waals surface area (Å²) >= 11 is 0. The van der Waals surface area contributed by atoms with E-state index in [0.717, 1.165) is 89.0 Å². The van der Waals surface area contributed by atoms with Crippen LogP contribution in [0.4, 0.5) is 17.1 Å². The van der Waals surface area contributed by atoms with Crippen molar-refractivity contribution < 1.29 is 0 Å². The standard InChI is InChI=1S/C52H35N3/c1-6-18-36(19-7-1)39-34-47(37-20-8-2-9-21-37)53-48(35-39)43-28-16-29-44-42(43)32-33-46-50(44)45-30-17-31-49(52(45)54-51(46)38-22-10-3-11-23-38)55(40-24-12-4-13-25-40)41-26-14-5-15-27-41/h1-35H. The molecule has 0 unspecified atom stereocenters. The SMILES string of the molecule is c1ccc(-c2cc(-c3ccccc3)nc(-c3cccc4c3ccc3c(-c5ccccc5)nc5c(N(c6ccccc6)c6ccccc6)cccc5c34)c2)cc1. The Labute approximate surface area is 320 Å². The predicted octanol–water partition coefficient (Wildman–Crippen LogP) is 14.1.